The molecule has 0 aliphatic carbocycles. The van der Waals surface area contributed by atoms with E-state index in [0.29, 0.717) is 37.9 Å². The second-order valence-corrected chi connectivity index (χ2v) is 8.95. The Bertz CT molecular complexity index is 1060. The Morgan fingerprint density at radius 3 is 2.72 bits per heavy atom. The molecule has 196 valence electrons. The van der Waals surface area contributed by atoms with E-state index in [-0.39, 0.29) is 32.9 Å². The monoisotopic (exact) mass is 506 g/mol. The molecule has 0 bridgehead atoms. The van der Waals surface area contributed by atoms with Crippen LogP contribution in [-0.2, 0) is 9.47 Å². The van der Waals surface area contributed by atoms with Crippen LogP contribution < -0.4 is 15.0 Å². The molecule has 2 N–H and O–H groups in total. The van der Waals surface area contributed by atoms with Crippen LogP contribution in [0.4, 0.5) is 25.1 Å². The number of morpholine rings is 2. The molecule has 1 aromatic heterocycles. The molecule has 0 spiro atoms. The number of hydrogen-bond donors (Lipinski definition) is 2. The van der Waals surface area contributed by atoms with Gasteiger partial charge in [-0.15, -0.1) is 0 Å². The van der Waals surface area contributed by atoms with E-state index >= 15 is 0 Å². The largest absolute Gasteiger partial charge is 0.475 e. The number of anilines is 2. The normalized spacial score (nSPS) is 18.8. The van der Waals surface area contributed by atoms with Crippen molar-refractivity contribution in [3.63, 3.8) is 0 Å². The summed E-state index contributed by atoms with van der Waals surface area (Å²) in [5, 5.41) is 12.0. The number of carbonyl (C=O) groups is 1. The number of rotatable bonds is 7. The molecule has 3 heterocycles. The Hall–Kier alpha value is -3.02. The van der Waals surface area contributed by atoms with Gasteiger partial charge in [0.05, 0.1) is 33.0 Å². The van der Waals surface area contributed by atoms with Gasteiger partial charge in [-0.25, -0.2) is 13.6 Å². The van der Waals surface area contributed by atoms with Gasteiger partial charge in [0, 0.05) is 38.3 Å². The highest BCUT2D eigenvalue weighted by atomic mass is 19.3. The number of alkyl halides is 2. The Morgan fingerprint density at radius 2 is 2.00 bits per heavy atom. The number of carbonyl (C=O) groups excluding carboxylic acids is 1. The number of nitrogens with one attached hydrogen (secondary N) is 1. The van der Waals surface area contributed by atoms with Gasteiger partial charge in [-0.2, -0.15) is 4.98 Å². The van der Waals surface area contributed by atoms with Gasteiger partial charge < -0.3 is 34.4 Å². The standard InChI is InChI=1S/C25H32F2N4O5/c1-17-3-4-19(28-24(33)31-7-11-35-21(16-31)25(2,26)27)15-20(17)18-13-22(30-5-9-34-10-6-30)29-23(14-18)36-12-8-32/h3-4,13-15,21,32H,5-12,16H2,1-2H3,(H,28,33). The number of hydrogen-bond acceptors (Lipinski definition) is 7. The lowest BCUT2D eigenvalue weighted by Gasteiger charge is -2.35. The van der Waals surface area contributed by atoms with Crippen LogP contribution in [0.15, 0.2) is 30.3 Å². The fraction of sp³-hybridized carbons (Fsp3) is 0.520. The van der Waals surface area contributed by atoms with Crippen molar-refractivity contribution in [2.24, 2.45) is 0 Å². The molecule has 9 nitrogen and oxygen atoms in total. The van der Waals surface area contributed by atoms with E-state index in [1.54, 1.807) is 12.1 Å². The SMILES string of the molecule is Cc1ccc(NC(=O)N2CCOC(C(C)(F)F)C2)cc1-c1cc(OCCO)nc(N2CCOCC2)c1. The highest BCUT2D eigenvalue weighted by Gasteiger charge is 2.39. The number of aryl methyl sites for hydroxylation is 1. The van der Waals surface area contributed by atoms with E-state index in [1.165, 1.54) is 4.90 Å². The van der Waals surface area contributed by atoms with Crippen molar-refractivity contribution in [2.75, 3.05) is 69.4 Å². The maximum absolute atomic E-state index is 13.7. The van der Waals surface area contributed by atoms with Crippen molar-refractivity contribution in [1.82, 2.24) is 9.88 Å². The third-order valence-corrected chi connectivity index (χ3v) is 6.18. The van der Waals surface area contributed by atoms with E-state index in [0.717, 1.165) is 29.4 Å². The molecule has 4 rings (SSSR count). The lowest BCUT2D eigenvalue weighted by Crippen LogP contribution is -2.52. The number of aromatic nitrogens is 1. The molecule has 11 heteroatoms. The fourth-order valence-corrected chi connectivity index (χ4v) is 4.18. The van der Waals surface area contributed by atoms with Crippen LogP contribution in [0.3, 0.4) is 0 Å². The first-order valence-electron chi connectivity index (χ1n) is 12.0. The van der Waals surface area contributed by atoms with Gasteiger partial charge in [0.25, 0.3) is 5.92 Å². The molecule has 0 radical (unpaired) electrons. The Labute approximate surface area is 209 Å². The van der Waals surface area contributed by atoms with Crippen molar-refractivity contribution < 1.29 is 32.9 Å². The highest BCUT2D eigenvalue weighted by Crippen LogP contribution is 2.32. The lowest BCUT2D eigenvalue weighted by molar-refractivity contribution is -0.149. The van der Waals surface area contributed by atoms with E-state index in [2.05, 4.69) is 15.2 Å². The molecule has 36 heavy (non-hydrogen) atoms. The Kier molecular flexibility index (Phi) is 8.22. The summed E-state index contributed by atoms with van der Waals surface area (Å²) in [5.74, 6) is -1.92. The molecule has 1 unspecified atom stereocenters. The summed E-state index contributed by atoms with van der Waals surface area (Å²) in [6.45, 7) is 5.43. The maximum Gasteiger partial charge on any atom is 0.322 e. The summed E-state index contributed by atoms with van der Waals surface area (Å²) in [6.07, 6.45) is -1.33. The molecule has 0 saturated carbocycles. The number of amides is 2. The molecule has 1 aromatic carbocycles. The number of urea groups is 1. The van der Waals surface area contributed by atoms with Gasteiger partial charge in [-0.3, -0.25) is 0 Å². The summed E-state index contributed by atoms with van der Waals surface area (Å²) in [7, 11) is 0. The predicted octanol–water partition coefficient (Wildman–Crippen LogP) is 3.15. The number of pyridine rings is 1. The smallest absolute Gasteiger partial charge is 0.322 e. The molecular formula is C25H32F2N4O5. The van der Waals surface area contributed by atoms with Gasteiger partial charge in [-0.1, -0.05) is 6.07 Å². The van der Waals surface area contributed by atoms with Crippen molar-refractivity contribution in [3.8, 4) is 17.0 Å². The van der Waals surface area contributed by atoms with Gasteiger partial charge in [-0.05, 0) is 41.8 Å². The van der Waals surface area contributed by atoms with Crippen LogP contribution in [0.2, 0.25) is 0 Å². The summed E-state index contributed by atoms with van der Waals surface area (Å²) in [6, 6.07) is 8.79. The van der Waals surface area contributed by atoms with Crippen LogP contribution >= 0.6 is 0 Å². The van der Waals surface area contributed by atoms with Gasteiger partial charge >= 0.3 is 6.03 Å². The highest BCUT2D eigenvalue weighted by molar-refractivity contribution is 5.90. The number of nitrogens with zero attached hydrogens (tertiary/aromatic N) is 3. The van der Waals surface area contributed by atoms with Crippen molar-refractivity contribution in [3.05, 3.63) is 35.9 Å². The van der Waals surface area contributed by atoms with Gasteiger partial charge in [0.15, 0.2) is 0 Å². The quantitative estimate of drug-likeness (QED) is 0.596. The summed E-state index contributed by atoms with van der Waals surface area (Å²) in [5.41, 5.74) is 3.20. The van der Waals surface area contributed by atoms with Crippen LogP contribution in [-0.4, -0.2) is 92.3 Å². The molecule has 2 aliphatic rings. The second kappa shape index (κ2) is 11.4. The van der Waals surface area contributed by atoms with E-state index in [1.807, 2.05) is 25.1 Å². The van der Waals surface area contributed by atoms with Crippen molar-refractivity contribution in [1.29, 1.82) is 0 Å². The summed E-state index contributed by atoms with van der Waals surface area (Å²) < 4.78 is 43.7. The zero-order valence-electron chi connectivity index (χ0n) is 20.5. The van der Waals surface area contributed by atoms with E-state index < -0.39 is 18.1 Å². The molecule has 2 amide bonds. The van der Waals surface area contributed by atoms with Gasteiger partial charge in [0.2, 0.25) is 5.88 Å². The Balaban J connectivity index is 1.57. The fourth-order valence-electron chi connectivity index (χ4n) is 4.18. The second-order valence-electron chi connectivity index (χ2n) is 8.95. The summed E-state index contributed by atoms with van der Waals surface area (Å²) >= 11 is 0. The Morgan fingerprint density at radius 1 is 1.22 bits per heavy atom. The number of benzene rings is 1. The first-order chi connectivity index (χ1) is 17.2. The van der Waals surface area contributed by atoms with E-state index in [4.69, 9.17) is 14.2 Å². The molecule has 1 atom stereocenters. The first kappa shape index (κ1) is 26.1. The number of aliphatic hydroxyl groups excluding tert-OH is 1. The lowest BCUT2D eigenvalue weighted by atomic mass is 10.00. The molecule has 2 aliphatic heterocycles. The maximum atomic E-state index is 13.7. The van der Waals surface area contributed by atoms with E-state index in [9.17, 15) is 18.7 Å². The van der Waals surface area contributed by atoms with Crippen LogP contribution in [0.25, 0.3) is 11.1 Å². The number of halogens is 2. The van der Waals surface area contributed by atoms with Crippen LogP contribution in [0, 0.1) is 6.92 Å². The third kappa shape index (κ3) is 6.40. The zero-order valence-corrected chi connectivity index (χ0v) is 20.5. The molecular weight excluding hydrogens is 474 g/mol. The molecule has 2 fully saturated rings. The van der Waals surface area contributed by atoms with Gasteiger partial charge in [0.1, 0.15) is 18.5 Å². The summed E-state index contributed by atoms with van der Waals surface area (Å²) in [4.78, 5) is 20.9. The molecule has 2 aromatic rings. The van der Waals surface area contributed by atoms with Crippen molar-refractivity contribution >= 4 is 17.5 Å². The minimum absolute atomic E-state index is 0.0542. The van der Waals surface area contributed by atoms with Crippen LogP contribution in [0.5, 0.6) is 5.88 Å². The molecule has 2 saturated heterocycles. The topological polar surface area (TPSA) is 96.4 Å². The number of ether oxygens (including phenoxy) is 3. The first-order valence-corrected chi connectivity index (χ1v) is 12.0. The average Bonchev–Trinajstić information content (AvgIpc) is 2.88. The zero-order chi connectivity index (χ0) is 25.7. The minimum atomic E-state index is -3.04. The number of aliphatic hydroxyl groups is 1. The average molecular weight is 507 g/mol. The van der Waals surface area contributed by atoms with Crippen LogP contribution in [0.1, 0.15) is 12.5 Å². The predicted molar refractivity (Wildman–Crippen MR) is 131 cm³/mol. The minimum Gasteiger partial charge on any atom is -0.475 e. The van der Waals surface area contributed by atoms with Crippen molar-refractivity contribution in [2.45, 2.75) is 25.9 Å². The third-order valence-electron chi connectivity index (χ3n) is 6.18.